The summed E-state index contributed by atoms with van der Waals surface area (Å²) in [5.74, 6) is 1.65. The lowest BCUT2D eigenvalue weighted by atomic mass is 9.98. The quantitative estimate of drug-likeness (QED) is 0.185. The number of ether oxygens (including phenoxy) is 1. The molecular formula is C21H46NO+. The summed E-state index contributed by atoms with van der Waals surface area (Å²) in [5.41, 5.74) is 0. The highest BCUT2D eigenvalue weighted by Crippen LogP contribution is 2.15. The van der Waals surface area contributed by atoms with Gasteiger partial charge in [0.1, 0.15) is 0 Å². The molecule has 0 radical (unpaired) electrons. The monoisotopic (exact) mass is 328 g/mol. The molecule has 1 unspecified atom stereocenters. The Bertz CT molecular complexity index is 250. The van der Waals surface area contributed by atoms with Gasteiger partial charge in [0.25, 0.3) is 0 Å². The van der Waals surface area contributed by atoms with E-state index in [1.165, 1.54) is 70.8 Å². The van der Waals surface area contributed by atoms with Crippen molar-refractivity contribution in [1.29, 1.82) is 0 Å². The second kappa shape index (κ2) is 14.3. The number of hydrogen-bond donors (Lipinski definition) is 0. The van der Waals surface area contributed by atoms with E-state index in [0.29, 0.717) is 0 Å². The van der Waals surface area contributed by atoms with Gasteiger partial charge in [-0.3, -0.25) is 0 Å². The molecule has 0 bridgehead atoms. The lowest BCUT2D eigenvalue weighted by Gasteiger charge is -2.29. The molecule has 0 aliphatic carbocycles. The molecule has 1 atom stereocenters. The molecule has 0 aliphatic heterocycles. The smallest absolute Gasteiger partial charge is 0.182 e. The van der Waals surface area contributed by atoms with Crippen LogP contribution in [0.4, 0.5) is 0 Å². The third-order valence-electron chi connectivity index (χ3n) is 4.79. The summed E-state index contributed by atoms with van der Waals surface area (Å²) < 4.78 is 6.97. The number of nitrogens with zero attached hydrogens (tertiary/aromatic N) is 1. The highest BCUT2D eigenvalue weighted by molar-refractivity contribution is 4.54. The molecule has 0 aliphatic rings. The van der Waals surface area contributed by atoms with E-state index in [9.17, 15) is 0 Å². The Balaban J connectivity index is 3.53. The van der Waals surface area contributed by atoms with Crippen LogP contribution in [-0.4, -0.2) is 38.5 Å². The molecule has 0 aromatic heterocycles. The van der Waals surface area contributed by atoms with Gasteiger partial charge in [-0.05, 0) is 31.1 Å². The summed E-state index contributed by atoms with van der Waals surface area (Å²) in [6.07, 6.45) is 13.6. The minimum atomic E-state index is 0.808. The molecule has 0 heterocycles. The first-order valence-corrected chi connectivity index (χ1v) is 10.3. The Labute approximate surface area is 147 Å². The van der Waals surface area contributed by atoms with Gasteiger partial charge in [0.05, 0.1) is 27.2 Å². The predicted molar refractivity (Wildman–Crippen MR) is 104 cm³/mol. The average Bonchev–Trinajstić information content (AvgIpc) is 2.47. The van der Waals surface area contributed by atoms with Crippen LogP contribution in [0.25, 0.3) is 0 Å². The minimum absolute atomic E-state index is 0.808. The molecule has 0 N–H and O–H groups in total. The average molecular weight is 329 g/mol. The summed E-state index contributed by atoms with van der Waals surface area (Å²) in [6, 6.07) is 0. The van der Waals surface area contributed by atoms with Gasteiger partial charge in [-0.1, -0.05) is 72.6 Å². The molecule has 0 spiro atoms. The van der Waals surface area contributed by atoms with Crippen LogP contribution in [0.2, 0.25) is 0 Å². The van der Waals surface area contributed by atoms with Crippen molar-refractivity contribution in [2.75, 3.05) is 34.0 Å². The number of hydrogen-bond acceptors (Lipinski definition) is 1. The number of rotatable bonds is 16. The molecule has 0 saturated heterocycles. The maximum atomic E-state index is 5.96. The van der Waals surface area contributed by atoms with Crippen molar-refractivity contribution in [2.24, 2.45) is 11.8 Å². The fourth-order valence-electron chi connectivity index (χ4n) is 3.00. The molecule has 0 amide bonds. The molecule has 0 saturated carbocycles. The van der Waals surface area contributed by atoms with Gasteiger partial charge in [0, 0.05) is 0 Å². The Morgan fingerprint density at radius 3 is 2.09 bits per heavy atom. The summed E-state index contributed by atoms with van der Waals surface area (Å²) in [6.45, 7) is 12.3. The highest BCUT2D eigenvalue weighted by Gasteiger charge is 2.14. The van der Waals surface area contributed by atoms with Crippen molar-refractivity contribution >= 4 is 0 Å². The first kappa shape index (κ1) is 22.9. The third kappa shape index (κ3) is 16.6. The van der Waals surface area contributed by atoms with Crippen molar-refractivity contribution in [1.82, 2.24) is 0 Å². The molecule has 140 valence electrons. The van der Waals surface area contributed by atoms with E-state index >= 15 is 0 Å². The van der Waals surface area contributed by atoms with Crippen LogP contribution in [0.15, 0.2) is 0 Å². The van der Waals surface area contributed by atoms with Crippen molar-refractivity contribution < 1.29 is 9.22 Å². The summed E-state index contributed by atoms with van der Waals surface area (Å²) in [4.78, 5) is 0. The number of unbranched alkanes of at least 4 members (excludes halogenated alkanes) is 5. The molecule has 0 rings (SSSR count). The molecule has 23 heavy (non-hydrogen) atoms. The van der Waals surface area contributed by atoms with Crippen LogP contribution in [0.3, 0.4) is 0 Å². The Hall–Kier alpha value is -0.0800. The van der Waals surface area contributed by atoms with Gasteiger partial charge in [0.15, 0.2) is 6.73 Å². The highest BCUT2D eigenvalue weighted by atomic mass is 16.5. The van der Waals surface area contributed by atoms with Crippen LogP contribution in [0.5, 0.6) is 0 Å². The number of quaternary nitrogens is 1. The molecule has 2 nitrogen and oxygen atoms in total. The van der Waals surface area contributed by atoms with E-state index in [4.69, 9.17) is 4.74 Å². The Kier molecular flexibility index (Phi) is 14.2. The maximum Gasteiger partial charge on any atom is 0.182 e. The molecule has 2 heteroatoms. The Morgan fingerprint density at radius 1 is 0.783 bits per heavy atom. The lowest BCUT2D eigenvalue weighted by Crippen LogP contribution is -2.42. The minimum Gasteiger partial charge on any atom is -0.332 e. The van der Waals surface area contributed by atoms with E-state index in [0.717, 1.165) is 29.7 Å². The van der Waals surface area contributed by atoms with E-state index in [-0.39, 0.29) is 0 Å². The first-order valence-electron chi connectivity index (χ1n) is 10.3. The topological polar surface area (TPSA) is 9.23 Å². The predicted octanol–water partition coefficient (Wildman–Crippen LogP) is 6.25. The van der Waals surface area contributed by atoms with Crippen LogP contribution >= 0.6 is 0 Å². The van der Waals surface area contributed by atoms with Crippen molar-refractivity contribution in [3.05, 3.63) is 0 Å². The van der Waals surface area contributed by atoms with Gasteiger partial charge in [-0.2, -0.15) is 0 Å². The fourth-order valence-corrected chi connectivity index (χ4v) is 3.00. The summed E-state index contributed by atoms with van der Waals surface area (Å²) >= 11 is 0. The fraction of sp³-hybridized carbons (Fsp3) is 1.00. The maximum absolute atomic E-state index is 5.96. The van der Waals surface area contributed by atoms with E-state index < -0.39 is 0 Å². The first-order chi connectivity index (χ1) is 10.9. The van der Waals surface area contributed by atoms with E-state index in [1.54, 1.807) is 0 Å². The normalized spacial score (nSPS) is 13.7. The van der Waals surface area contributed by atoms with Crippen LogP contribution in [-0.2, 0) is 4.74 Å². The largest absolute Gasteiger partial charge is 0.332 e. The van der Waals surface area contributed by atoms with Gasteiger partial charge in [-0.15, -0.1) is 0 Å². The third-order valence-corrected chi connectivity index (χ3v) is 4.79. The molecular weight excluding hydrogens is 282 g/mol. The molecule has 0 fully saturated rings. The van der Waals surface area contributed by atoms with Crippen molar-refractivity contribution in [3.8, 4) is 0 Å². The summed E-state index contributed by atoms with van der Waals surface area (Å²) in [5, 5.41) is 0. The lowest BCUT2D eigenvalue weighted by molar-refractivity contribution is -0.910. The summed E-state index contributed by atoms with van der Waals surface area (Å²) in [7, 11) is 4.61. The van der Waals surface area contributed by atoms with Crippen LogP contribution in [0, 0.1) is 11.8 Å². The van der Waals surface area contributed by atoms with Crippen LogP contribution in [0.1, 0.15) is 91.9 Å². The second-order valence-corrected chi connectivity index (χ2v) is 8.68. The van der Waals surface area contributed by atoms with Crippen LogP contribution < -0.4 is 0 Å². The SMILES string of the molecule is CCCCCCCC[N+](C)(C)COCCC(C)CCCC(C)C. The molecule has 0 aromatic carbocycles. The van der Waals surface area contributed by atoms with Crippen molar-refractivity contribution in [2.45, 2.75) is 91.9 Å². The standard InChI is InChI=1S/C21H46NO/c1-7-8-9-10-11-12-17-22(5,6)19-23-18-16-21(4)15-13-14-20(2)3/h20-21H,7-19H2,1-6H3/q+1. The van der Waals surface area contributed by atoms with Gasteiger partial charge in [-0.25, -0.2) is 0 Å². The zero-order valence-corrected chi connectivity index (χ0v) is 17.2. The van der Waals surface area contributed by atoms with Gasteiger partial charge in [0.2, 0.25) is 0 Å². The second-order valence-electron chi connectivity index (χ2n) is 8.68. The van der Waals surface area contributed by atoms with E-state index in [1.807, 2.05) is 0 Å². The zero-order chi connectivity index (χ0) is 17.6. The van der Waals surface area contributed by atoms with Crippen molar-refractivity contribution in [3.63, 3.8) is 0 Å². The van der Waals surface area contributed by atoms with E-state index in [2.05, 4.69) is 41.8 Å². The van der Waals surface area contributed by atoms with Gasteiger partial charge >= 0.3 is 0 Å². The zero-order valence-electron chi connectivity index (χ0n) is 17.2. The Morgan fingerprint density at radius 2 is 1.43 bits per heavy atom. The van der Waals surface area contributed by atoms with Gasteiger partial charge < -0.3 is 9.22 Å². The molecule has 0 aromatic rings.